The molecule has 0 unspecified atom stereocenters. The highest BCUT2D eigenvalue weighted by Crippen LogP contribution is 2.46. The first-order valence-corrected chi connectivity index (χ1v) is 12.3. The SMILES string of the molecule is CCOc1ccc2nc(N3C(=O)C(=O)/C(=C(/O)c4ccc(C)cc4)[C@@H]3c3ccccc3OC)sc2c1. The van der Waals surface area contributed by atoms with Gasteiger partial charge < -0.3 is 14.6 Å². The van der Waals surface area contributed by atoms with Gasteiger partial charge in [-0.2, -0.15) is 0 Å². The average molecular weight is 501 g/mol. The number of para-hydroxylation sites is 1. The molecule has 1 atom stereocenters. The number of aryl methyl sites for hydroxylation is 1. The van der Waals surface area contributed by atoms with Crippen molar-refractivity contribution in [2.45, 2.75) is 19.9 Å². The summed E-state index contributed by atoms with van der Waals surface area (Å²) in [6, 6.07) is 18.9. The molecule has 0 bridgehead atoms. The molecular formula is C28H24N2O5S. The molecule has 3 aromatic carbocycles. The van der Waals surface area contributed by atoms with Crippen LogP contribution in [-0.2, 0) is 9.59 Å². The lowest BCUT2D eigenvalue weighted by Gasteiger charge is -2.24. The Kier molecular flexibility index (Phi) is 6.20. The quantitative estimate of drug-likeness (QED) is 0.209. The maximum absolute atomic E-state index is 13.5. The Balaban J connectivity index is 1.72. The fourth-order valence-electron chi connectivity index (χ4n) is 4.34. The van der Waals surface area contributed by atoms with E-state index < -0.39 is 17.7 Å². The molecule has 1 aliphatic heterocycles. The smallest absolute Gasteiger partial charge is 0.301 e. The zero-order chi connectivity index (χ0) is 25.4. The van der Waals surface area contributed by atoms with E-state index in [1.807, 2.05) is 44.2 Å². The summed E-state index contributed by atoms with van der Waals surface area (Å²) in [5.41, 5.74) is 2.70. The topological polar surface area (TPSA) is 89.0 Å². The van der Waals surface area contributed by atoms with Crippen molar-refractivity contribution in [3.8, 4) is 11.5 Å². The molecule has 4 aromatic rings. The number of aromatic nitrogens is 1. The van der Waals surface area contributed by atoms with E-state index >= 15 is 0 Å². The summed E-state index contributed by atoms with van der Waals surface area (Å²) in [6.45, 7) is 4.36. The van der Waals surface area contributed by atoms with Gasteiger partial charge in [0, 0.05) is 11.1 Å². The number of aliphatic hydroxyl groups is 1. The van der Waals surface area contributed by atoms with Gasteiger partial charge in [0.25, 0.3) is 5.78 Å². The Hall–Kier alpha value is -4.17. The van der Waals surface area contributed by atoms with Gasteiger partial charge >= 0.3 is 5.91 Å². The normalized spacial score (nSPS) is 17.1. The Morgan fingerprint density at radius 3 is 2.56 bits per heavy atom. The van der Waals surface area contributed by atoms with Crippen LogP contribution in [0.15, 0.2) is 72.3 Å². The van der Waals surface area contributed by atoms with Crippen LogP contribution in [-0.4, -0.2) is 35.5 Å². The minimum Gasteiger partial charge on any atom is -0.507 e. The van der Waals surface area contributed by atoms with E-state index in [0.29, 0.717) is 39.9 Å². The average Bonchev–Trinajstić information content (AvgIpc) is 3.42. The number of hydrogen-bond acceptors (Lipinski definition) is 7. The van der Waals surface area contributed by atoms with E-state index in [0.717, 1.165) is 10.3 Å². The number of ether oxygens (including phenoxy) is 2. The number of carbonyl (C=O) groups is 2. The number of anilines is 1. The first kappa shape index (κ1) is 23.6. The molecule has 36 heavy (non-hydrogen) atoms. The second kappa shape index (κ2) is 9.47. The van der Waals surface area contributed by atoms with Gasteiger partial charge in [-0.1, -0.05) is 59.4 Å². The predicted octanol–water partition coefficient (Wildman–Crippen LogP) is 5.64. The summed E-state index contributed by atoms with van der Waals surface area (Å²) in [7, 11) is 1.53. The van der Waals surface area contributed by atoms with E-state index in [9.17, 15) is 14.7 Å². The zero-order valence-electron chi connectivity index (χ0n) is 20.0. The molecule has 1 saturated heterocycles. The Morgan fingerprint density at radius 1 is 1.08 bits per heavy atom. The third kappa shape index (κ3) is 3.99. The van der Waals surface area contributed by atoms with Crippen LogP contribution >= 0.6 is 11.3 Å². The van der Waals surface area contributed by atoms with Crippen molar-refractivity contribution in [2.24, 2.45) is 0 Å². The largest absolute Gasteiger partial charge is 0.507 e. The monoisotopic (exact) mass is 500 g/mol. The van der Waals surface area contributed by atoms with Crippen LogP contribution in [0.1, 0.15) is 29.7 Å². The van der Waals surface area contributed by atoms with Crippen molar-refractivity contribution in [3.63, 3.8) is 0 Å². The minimum absolute atomic E-state index is 0.0115. The number of carbonyl (C=O) groups excluding carboxylic acids is 2. The first-order chi connectivity index (χ1) is 17.4. The highest BCUT2D eigenvalue weighted by molar-refractivity contribution is 7.22. The van der Waals surface area contributed by atoms with Crippen LogP contribution in [0.2, 0.25) is 0 Å². The second-order valence-electron chi connectivity index (χ2n) is 8.34. The summed E-state index contributed by atoms with van der Waals surface area (Å²) >= 11 is 1.28. The molecule has 1 amide bonds. The number of thiazole rings is 1. The van der Waals surface area contributed by atoms with Crippen molar-refractivity contribution in [1.82, 2.24) is 4.98 Å². The molecule has 0 radical (unpaired) electrons. The van der Waals surface area contributed by atoms with Crippen LogP contribution < -0.4 is 14.4 Å². The summed E-state index contributed by atoms with van der Waals surface area (Å²) < 4.78 is 12.0. The van der Waals surface area contributed by atoms with Crippen molar-refractivity contribution < 1.29 is 24.2 Å². The van der Waals surface area contributed by atoms with Crippen LogP contribution in [0.25, 0.3) is 16.0 Å². The van der Waals surface area contributed by atoms with Gasteiger partial charge in [0.1, 0.15) is 23.3 Å². The van der Waals surface area contributed by atoms with Crippen molar-refractivity contribution in [3.05, 3.63) is 89.0 Å². The molecule has 1 fully saturated rings. The number of fused-ring (bicyclic) bond motifs is 1. The first-order valence-electron chi connectivity index (χ1n) is 11.5. The van der Waals surface area contributed by atoms with Gasteiger partial charge in [0.05, 0.1) is 29.5 Å². The number of Topliss-reactive ketones (excluding diaryl/α,β-unsaturated/α-hetero) is 1. The number of aliphatic hydroxyl groups excluding tert-OH is 1. The zero-order valence-corrected chi connectivity index (χ0v) is 20.8. The molecule has 0 aliphatic carbocycles. The van der Waals surface area contributed by atoms with Gasteiger partial charge in [-0.15, -0.1) is 0 Å². The number of hydrogen-bond donors (Lipinski definition) is 1. The highest BCUT2D eigenvalue weighted by Gasteiger charge is 2.49. The lowest BCUT2D eigenvalue weighted by Crippen LogP contribution is -2.29. The number of methoxy groups -OCH3 is 1. The Bertz CT molecular complexity index is 1510. The van der Waals surface area contributed by atoms with Crippen LogP contribution in [0.5, 0.6) is 11.5 Å². The Morgan fingerprint density at radius 2 is 1.83 bits per heavy atom. The molecular weight excluding hydrogens is 476 g/mol. The van der Waals surface area contributed by atoms with Crippen LogP contribution in [0.3, 0.4) is 0 Å². The van der Waals surface area contributed by atoms with Crippen molar-refractivity contribution in [1.29, 1.82) is 0 Å². The van der Waals surface area contributed by atoms with E-state index in [4.69, 9.17) is 9.47 Å². The molecule has 2 heterocycles. The van der Waals surface area contributed by atoms with E-state index in [1.165, 1.54) is 23.3 Å². The summed E-state index contributed by atoms with van der Waals surface area (Å²) in [5.74, 6) is -0.597. The van der Waals surface area contributed by atoms with Gasteiger partial charge in [0.2, 0.25) is 0 Å². The number of ketones is 1. The fourth-order valence-corrected chi connectivity index (χ4v) is 5.36. The molecule has 1 aliphatic rings. The molecule has 0 saturated carbocycles. The number of nitrogens with zero attached hydrogens (tertiary/aromatic N) is 2. The fraction of sp³-hybridized carbons (Fsp3) is 0.179. The molecule has 1 aromatic heterocycles. The lowest BCUT2D eigenvalue weighted by molar-refractivity contribution is -0.132. The van der Waals surface area contributed by atoms with Gasteiger partial charge in [0.15, 0.2) is 5.13 Å². The standard InChI is InChI=1S/C28H24N2O5S/c1-4-35-18-13-14-20-22(15-18)36-28(29-20)30-24(19-7-5-6-8-21(19)34-3)23(26(32)27(30)33)25(31)17-11-9-16(2)10-12-17/h5-15,24,31H,4H2,1-3H3/b25-23+/t24-/m0/s1. The molecule has 182 valence electrons. The Labute approximate surface area is 212 Å². The van der Waals surface area contributed by atoms with Crippen LogP contribution in [0, 0.1) is 6.92 Å². The number of rotatable bonds is 6. The van der Waals surface area contributed by atoms with Gasteiger partial charge in [-0.05, 0) is 38.1 Å². The second-order valence-corrected chi connectivity index (χ2v) is 9.35. The van der Waals surface area contributed by atoms with E-state index in [1.54, 1.807) is 36.4 Å². The number of benzene rings is 3. The predicted molar refractivity (Wildman–Crippen MR) is 140 cm³/mol. The molecule has 7 nitrogen and oxygen atoms in total. The molecule has 0 spiro atoms. The van der Waals surface area contributed by atoms with Crippen molar-refractivity contribution in [2.75, 3.05) is 18.6 Å². The summed E-state index contributed by atoms with van der Waals surface area (Å²) in [4.78, 5) is 32.9. The third-order valence-corrected chi connectivity index (χ3v) is 7.09. The maximum atomic E-state index is 13.5. The minimum atomic E-state index is -0.922. The van der Waals surface area contributed by atoms with E-state index in [2.05, 4.69) is 4.98 Å². The maximum Gasteiger partial charge on any atom is 0.301 e. The summed E-state index contributed by atoms with van der Waals surface area (Å²) in [6.07, 6.45) is 0. The molecule has 1 N–H and O–H groups in total. The van der Waals surface area contributed by atoms with Gasteiger partial charge in [-0.25, -0.2) is 4.98 Å². The molecule has 8 heteroatoms. The lowest BCUT2D eigenvalue weighted by atomic mass is 9.94. The highest BCUT2D eigenvalue weighted by atomic mass is 32.1. The third-order valence-electron chi connectivity index (χ3n) is 6.07. The summed E-state index contributed by atoms with van der Waals surface area (Å²) in [5, 5.41) is 11.6. The van der Waals surface area contributed by atoms with Crippen LogP contribution in [0.4, 0.5) is 5.13 Å². The van der Waals surface area contributed by atoms with Gasteiger partial charge in [-0.3, -0.25) is 14.5 Å². The molecule has 5 rings (SSSR count). The van der Waals surface area contributed by atoms with E-state index in [-0.39, 0.29) is 11.3 Å². The van der Waals surface area contributed by atoms with Crippen molar-refractivity contribution >= 4 is 44.1 Å². The number of amides is 1.